The molecule has 32 heavy (non-hydrogen) atoms. The van der Waals surface area contributed by atoms with Gasteiger partial charge < -0.3 is 0 Å². The lowest BCUT2D eigenvalue weighted by atomic mass is 10.1. The quantitative estimate of drug-likeness (QED) is 0.294. The van der Waals surface area contributed by atoms with Crippen molar-refractivity contribution in [2.24, 2.45) is 5.10 Å². The third-order valence-corrected chi connectivity index (χ3v) is 5.71. The summed E-state index contributed by atoms with van der Waals surface area (Å²) in [5.74, 6) is 0. The fourth-order valence-electron chi connectivity index (χ4n) is 2.72. The number of nitrogens with one attached hydrogen (secondary N) is 2. The van der Waals surface area contributed by atoms with E-state index in [1.54, 1.807) is 49.4 Å². The van der Waals surface area contributed by atoms with Crippen LogP contribution in [0.25, 0.3) is 0 Å². The van der Waals surface area contributed by atoms with Gasteiger partial charge >= 0.3 is 0 Å². The van der Waals surface area contributed by atoms with Gasteiger partial charge in [-0.2, -0.15) is 5.10 Å². The zero-order valence-electron chi connectivity index (χ0n) is 16.6. The van der Waals surface area contributed by atoms with Crippen molar-refractivity contribution in [2.45, 2.75) is 11.8 Å². The number of hydrazone groups is 1. The molecule has 0 aromatic heterocycles. The molecule has 3 aromatic rings. The highest BCUT2D eigenvalue weighted by Crippen LogP contribution is 2.28. The monoisotopic (exact) mass is 455 g/mol. The van der Waals surface area contributed by atoms with E-state index >= 15 is 0 Å². The van der Waals surface area contributed by atoms with Crippen LogP contribution in [-0.2, 0) is 10.0 Å². The van der Waals surface area contributed by atoms with E-state index in [0.29, 0.717) is 16.8 Å². The Labute approximate surface area is 182 Å². The minimum Gasteiger partial charge on any atom is -0.280 e. The van der Waals surface area contributed by atoms with Gasteiger partial charge in [0.2, 0.25) is 0 Å². The molecule has 0 aliphatic heterocycles. The molecule has 0 bridgehead atoms. The van der Waals surface area contributed by atoms with Crippen molar-refractivity contribution < 1.29 is 18.3 Å². The maximum atomic E-state index is 12.6. The van der Waals surface area contributed by atoms with Gasteiger partial charge in [0.25, 0.3) is 21.4 Å². The van der Waals surface area contributed by atoms with Crippen LogP contribution in [0.3, 0.4) is 0 Å². The Kier molecular flexibility index (Phi) is 6.45. The maximum absolute atomic E-state index is 12.6. The summed E-state index contributed by atoms with van der Waals surface area (Å²) in [5, 5.41) is 26.4. The molecule has 0 saturated heterocycles. The zero-order valence-corrected chi connectivity index (χ0v) is 17.4. The molecule has 0 saturated carbocycles. The molecule has 164 valence electrons. The Morgan fingerprint density at radius 1 is 0.906 bits per heavy atom. The highest BCUT2D eigenvalue weighted by molar-refractivity contribution is 7.92. The Morgan fingerprint density at radius 2 is 1.59 bits per heavy atom. The van der Waals surface area contributed by atoms with Crippen molar-refractivity contribution in [1.82, 2.24) is 0 Å². The molecular formula is C20H17N5O6S. The lowest BCUT2D eigenvalue weighted by molar-refractivity contribution is -0.385. The molecule has 0 aliphatic carbocycles. The predicted molar refractivity (Wildman–Crippen MR) is 119 cm³/mol. The number of nitro groups is 2. The molecule has 2 N–H and O–H groups in total. The minimum atomic E-state index is -4.05. The Bertz CT molecular complexity index is 1310. The van der Waals surface area contributed by atoms with Crippen molar-refractivity contribution in [1.29, 1.82) is 0 Å². The number of rotatable bonds is 8. The Morgan fingerprint density at radius 3 is 2.25 bits per heavy atom. The lowest BCUT2D eigenvalue weighted by Crippen LogP contribution is -2.13. The van der Waals surface area contributed by atoms with Gasteiger partial charge in [0.15, 0.2) is 0 Å². The molecule has 0 heterocycles. The minimum absolute atomic E-state index is 0.0495. The van der Waals surface area contributed by atoms with Crippen LogP contribution in [0.4, 0.5) is 22.7 Å². The number of sulfonamides is 1. The number of anilines is 2. The molecular weight excluding hydrogens is 438 g/mol. The lowest BCUT2D eigenvalue weighted by Gasteiger charge is -2.09. The van der Waals surface area contributed by atoms with Gasteiger partial charge in [0.05, 0.1) is 21.0 Å². The molecule has 11 nitrogen and oxygen atoms in total. The van der Waals surface area contributed by atoms with Crippen LogP contribution in [-0.4, -0.2) is 24.5 Å². The van der Waals surface area contributed by atoms with Gasteiger partial charge in [-0.05, 0) is 31.2 Å². The van der Waals surface area contributed by atoms with Crippen LogP contribution >= 0.6 is 0 Å². The van der Waals surface area contributed by atoms with Crippen LogP contribution in [0.15, 0.2) is 76.7 Å². The Hall–Kier alpha value is -4.32. The largest absolute Gasteiger partial charge is 0.295 e. The summed E-state index contributed by atoms with van der Waals surface area (Å²) in [7, 11) is -4.05. The first-order chi connectivity index (χ1) is 15.2. The number of nitrogens with zero attached hydrogens (tertiary/aromatic N) is 3. The topological polar surface area (TPSA) is 157 Å². The second-order valence-corrected chi connectivity index (χ2v) is 8.26. The van der Waals surface area contributed by atoms with Crippen molar-refractivity contribution in [3.63, 3.8) is 0 Å². The van der Waals surface area contributed by atoms with Gasteiger partial charge in [-0.25, -0.2) is 8.42 Å². The van der Waals surface area contributed by atoms with Crippen molar-refractivity contribution >= 4 is 39.0 Å². The average molecular weight is 455 g/mol. The van der Waals surface area contributed by atoms with Gasteiger partial charge in [-0.15, -0.1) is 0 Å². The fourth-order valence-corrected chi connectivity index (χ4v) is 3.80. The van der Waals surface area contributed by atoms with Crippen LogP contribution in [0.5, 0.6) is 0 Å². The second-order valence-electron chi connectivity index (χ2n) is 6.58. The van der Waals surface area contributed by atoms with Crippen molar-refractivity contribution in [3.05, 3.63) is 98.1 Å². The zero-order chi connectivity index (χ0) is 23.3. The first kappa shape index (κ1) is 22.4. The van der Waals surface area contributed by atoms with E-state index in [-0.39, 0.29) is 16.3 Å². The van der Waals surface area contributed by atoms with Gasteiger partial charge in [-0.3, -0.25) is 30.4 Å². The van der Waals surface area contributed by atoms with E-state index in [1.807, 2.05) is 0 Å². The summed E-state index contributed by atoms with van der Waals surface area (Å²) < 4.78 is 27.5. The Balaban J connectivity index is 1.84. The third-order valence-electron chi connectivity index (χ3n) is 4.33. The molecule has 0 radical (unpaired) electrons. The summed E-state index contributed by atoms with van der Waals surface area (Å²) in [4.78, 5) is 21.0. The third kappa shape index (κ3) is 5.23. The van der Waals surface area contributed by atoms with Gasteiger partial charge in [0, 0.05) is 28.9 Å². The molecule has 0 unspecified atom stereocenters. The molecule has 0 spiro atoms. The molecule has 12 heteroatoms. The van der Waals surface area contributed by atoms with E-state index in [2.05, 4.69) is 15.2 Å². The molecule has 0 atom stereocenters. The normalized spacial score (nSPS) is 11.3. The highest BCUT2D eigenvalue weighted by Gasteiger charge is 2.21. The van der Waals surface area contributed by atoms with Crippen molar-refractivity contribution in [3.8, 4) is 0 Å². The summed E-state index contributed by atoms with van der Waals surface area (Å²) in [6, 6.07) is 15.9. The van der Waals surface area contributed by atoms with Crippen LogP contribution in [0, 0.1) is 27.2 Å². The summed E-state index contributed by atoms with van der Waals surface area (Å²) in [6.07, 6.45) is 1.26. The van der Waals surface area contributed by atoms with E-state index in [0.717, 1.165) is 6.07 Å². The van der Waals surface area contributed by atoms with E-state index in [9.17, 15) is 28.6 Å². The highest BCUT2D eigenvalue weighted by atomic mass is 32.2. The van der Waals surface area contributed by atoms with Crippen LogP contribution < -0.4 is 10.1 Å². The standard InChI is InChI=1S/C20H17N5O6S/c1-14-7-8-15(11-19(14)24(26)27)13-21-22-18-10-9-17(12-20(18)25(28)29)32(30,31)23-16-5-3-2-4-6-16/h2-13,22-23H,1H3/b21-13+. The number of hydrogen-bond acceptors (Lipinski definition) is 8. The summed E-state index contributed by atoms with van der Waals surface area (Å²) in [5.41, 5.74) is 3.04. The SMILES string of the molecule is Cc1ccc(/C=N/Nc2ccc(S(=O)(=O)Nc3ccccc3)cc2[N+](=O)[O-])cc1[N+](=O)[O-]. The van der Waals surface area contributed by atoms with E-state index in [1.165, 1.54) is 24.4 Å². The van der Waals surface area contributed by atoms with Crippen LogP contribution in [0.1, 0.15) is 11.1 Å². The number of hydrogen-bond donors (Lipinski definition) is 2. The number of para-hydroxylation sites is 1. The van der Waals surface area contributed by atoms with Crippen LogP contribution in [0.2, 0.25) is 0 Å². The predicted octanol–water partition coefficient (Wildman–Crippen LogP) is 4.06. The number of aryl methyl sites for hydroxylation is 1. The van der Waals surface area contributed by atoms with Crippen molar-refractivity contribution in [2.75, 3.05) is 10.1 Å². The second kappa shape index (κ2) is 9.22. The van der Waals surface area contributed by atoms with Gasteiger partial charge in [-0.1, -0.05) is 30.3 Å². The fraction of sp³-hybridized carbons (Fsp3) is 0.0500. The van der Waals surface area contributed by atoms with E-state index in [4.69, 9.17) is 0 Å². The molecule has 3 rings (SSSR count). The van der Waals surface area contributed by atoms with E-state index < -0.39 is 25.6 Å². The molecule has 3 aromatic carbocycles. The molecule has 0 aliphatic rings. The number of benzene rings is 3. The smallest absolute Gasteiger partial charge is 0.280 e. The average Bonchev–Trinajstić information content (AvgIpc) is 2.75. The first-order valence-electron chi connectivity index (χ1n) is 9.08. The van der Waals surface area contributed by atoms with Gasteiger partial charge in [0.1, 0.15) is 5.69 Å². The first-order valence-corrected chi connectivity index (χ1v) is 10.6. The maximum Gasteiger partial charge on any atom is 0.295 e. The molecule has 0 fully saturated rings. The summed E-state index contributed by atoms with van der Waals surface area (Å²) >= 11 is 0. The molecule has 0 amide bonds. The summed E-state index contributed by atoms with van der Waals surface area (Å²) in [6.45, 7) is 1.60. The number of nitro benzene ring substituents is 2.